The lowest BCUT2D eigenvalue weighted by Crippen LogP contribution is -2.38. The van der Waals surface area contributed by atoms with Crippen LogP contribution in [0.5, 0.6) is 0 Å². The molecule has 0 spiro atoms. The first kappa shape index (κ1) is 14.0. The van der Waals surface area contributed by atoms with Gasteiger partial charge in [0.1, 0.15) is 5.01 Å². The number of nitrogens with zero attached hydrogens (tertiary/aromatic N) is 3. The molecule has 2 heterocycles. The molecule has 0 saturated carbocycles. The molecular formula is C15H18N4OS. The van der Waals surface area contributed by atoms with Gasteiger partial charge in [0.2, 0.25) is 5.13 Å². The van der Waals surface area contributed by atoms with Gasteiger partial charge in [0.25, 0.3) is 0 Å². The summed E-state index contributed by atoms with van der Waals surface area (Å²) in [5.74, 6) is 0.329. The van der Waals surface area contributed by atoms with E-state index < -0.39 is 0 Å². The van der Waals surface area contributed by atoms with Gasteiger partial charge in [0.05, 0.1) is 0 Å². The SMILES string of the molecule is CC(C)c1nnc(NC(=O)N2CCc3ccccc3C2)s1. The van der Waals surface area contributed by atoms with Crippen molar-refractivity contribution >= 4 is 22.5 Å². The Bertz CT molecular complexity index is 653. The van der Waals surface area contributed by atoms with Crippen LogP contribution < -0.4 is 5.32 Å². The molecule has 0 saturated heterocycles. The number of aromatic nitrogens is 2. The van der Waals surface area contributed by atoms with Gasteiger partial charge in [-0.05, 0) is 17.5 Å². The van der Waals surface area contributed by atoms with Crippen molar-refractivity contribution in [1.29, 1.82) is 0 Å². The molecule has 6 heteroatoms. The summed E-state index contributed by atoms with van der Waals surface area (Å²) in [6.45, 7) is 5.51. The van der Waals surface area contributed by atoms with Crippen molar-refractivity contribution in [2.45, 2.75) is 32.7 Å². The number of benzene rings is 1. The molecule has 1 aromatic carbocycles. The fourth-order valence-corrected chi connectivity index (χ4v) is 3.09. The van der Waals surface area contributed by atoms with E-state index in [0.717, 1.165) is 18.0 Å². The molecule has 1 aromatic heterocycles. The molecule has 1 aliphatic heterocycles. The van der Waals surface area contributed by atoms with Gasteiger partial charge in [0.15, 0.2) is 0 Å². The molecule has 0 aliphatic carbocycles. The fourth-order valence-electron chi connectivity index (χ4n) is 2.36. The summed E-state index contributed by atoms with van der Waals surface area (Å²) in [5.41, 5.74) is 2.55. The third-order valence-electron chi connectivity index (χ3n) is 3.57. The van der Waals surface area contributed by atoms with E-state index in [1.54, 1.807) is 0 Å². The number of hydrogen-bond donors (Lipinski definition) is 1. The molecule has 2 aromatic rings. The van der Waals surface area contributed by atoms with Gasteiger partial charge in [0, 0.05) is 19.0 Å². The number of amides is 2. The molecule has 3 rings (SSSR count). The molecule has 2 amide bonds. The Morgan fingerprint density at radius 3 is 2.76 bits per heavy atom. The summed E-state index contributed by atoms with van der Waals surface area (Å²) in [5, 5.41) is 12.5. The third-order valence-corrected chi connectivity index (χ3v) is 4.71. The normalized spacial score (nSPS) is 14.1. The zero-order chi connectivity index (χ0) is 14.8. The molecule has 1 aliphatic rings. The number of rotatable bonds is 2. The second-order valence-corrected chi connectivity index (χ2v) is 6.48. The first-order valence-electron chi connectivity index (χ1n) is 7.09. The second-order valence-electron chi connectivity index (χ2n) is 5.47. The Morgan fingerprint density at radius 1 is 1.29 bits per heavy atom. The lowest BCUT2D eigenvalue weighted by molar-refractivity contribution is 0.206. The molecule has 1 N–H and O–H groups in total. The summed E-state index contributed by atoms with van der Waals surface area (Å²) in [4.78, 5) is 14.1. The van der Waals surface area contributed by atoms with E-state index in [1.165, 1.54) is 22.5 Å². The predicted octanol–water partition coefficient (Wildman–Crippen LogP) is 3.25. The Labute approximate surface area is 128 Å². The number of anilines is 1. The minimum absolute atomic E-state index is 0.101. The average molecular weight is 302 g/mol. The van der Waals surface area contributed by atoms with Gasteiger partial charge in [-0.1, -0.05) is 49.4 Å². The van der Waals surface area contributed by atoms with E-state index in [2.05, 4.69) is 41.5 Å². The number of nitrogens with one attached hydrogen (secondary N) is 1. The zero-order valence-electron chi connectivity index (χ0n) is 12.2. The van der Waals surface area contributed by atoms with E-state index in [9.17, 15) is 4.79 Å². The number of urea groups is 1. The molecule has 5 nitrogen and oxygen atoms in total. The molecule has 0 fully saturated rings. The summed E-state index contributed by atoms with van der Waals surface area (Å²) >= 11 is 1.44. The lowest BCUT2D eigenvalue weighted by atomic mass is 10.0. The van der Waals surface area contributed by atoms with E-state index in [1.807, 2.05) is 17.0 Å². The summed E-state index contributed by atoms with van der Waals surface area (Å²) in [7, 11) is 0. The molecular weight excluding hydrogens is 284 g/mol. The molecule has 0 unspecified atom stereocenters. The number of carbonyl (C=O) groups is 1. The van der Waals surface area contributed by atoms with Gasteiger partial charge in [-0.2, -0.15) is 0 Å². The maximum Gasteiger partial charge on any atom is 0.324 e. The highest BCUT2D eigenvalue weighted by Gasteiger charge is 2.21. The number of fused-ring (bicyclic) bond motifs is 1. The largest absolute Gasteiger partial charge is 0.324 e. The van der Waals surface area contributed by atoms with Crippen LogP contribution in [0.3, 0.4) is 0 Å². The van der Waals surface area contributed by atoms with Crippen LogP contribution in [0.2, 0.25) is 0 Å². The standard InChI is InChI=1S/C15H18N4OS/c1-10(2)13-17-18-14(21-13)16-15(20)19-8-7-11-5-3-4-6-12(11)9-19/h3-6,10H,7-9H2,1-2H3,(H,16,18,20). The van der Waals surface area contributed by atoms with Gasteiger partial charge < -0.3 is 4.90 Å². The molecule has 110 valence electrons. The highest BCUT2D eigenvalue weighted by atomic mass is 32.1. The van der Waals surface area contributed by atoms with Crippen LogP contribution in [0.1, 0.15) is 35.9 Å². The summed E-state index contributed by atoms with van der Waals surface area (Å²) < 4.78 is 0. The Morgan fingerprint density at radius 2 is 2.05 bits per heavy atom. The minimum atomic E-state index is -0.101. The van der Waals surface area contributed by atoms with E-state index >= 15 is 0 Å². The van der Waals surface area contributed by atoms with Crippen LogP contribution in [-0.4, -0.2) is 27.7 Å². The van der Waals surface area contributed by atoms with Gasteiger partial charge in [-0.25, -0.2) is 4.79 Å². The molecule has 0 atom stereocenters. The van der Waals surface area contributed by atoms with E-state index in [0.29, 0.717) is 17.6 Å². The van der Waals surface area contributed by atoms with E-state index in [-0.39, 0.29) is 6.03 Å². The van der Waals surface area contributed by atoms with Crippen LogP contribution in [0.4, 0.5) is 9.93 Å². The van der Waals surface area contributed by atoms with Crippen LogP contribution in [0, 0.1) is 0 Å². The summed E-state index contributed by atoms with van der Waals surface area (Å²) in [6.07, 6.45) is 0.900. The van der Waals surface area contributed by atoms with Gasteiger partial charge >= 0.3 is 6.03 Å². The topological polar surface area (TPSA) is 58.1 Å². The minimum Gasteiger partial charge on any atom is -0.320 e. The smallest absolute Gasteiger partial charge is 0.320 e. The van der Waals surface area contributed by atoms with Crippen molar-refractivity contribution in [3.8, 4) is 0 Å². The van der Waals surface area contributed by atoms with Crippen LogP contribution in [0.15, 0.2) is 24.3 Å². The Balaban J connectivity index is 1.66. The Hall–Kier alpha value is -1.95. The third kappa shape index (κ3) is 3.05. The highest BCUT2D eigenvalue weighted by Crippen LogP contribution is 2.24. The zero-order valence-corrected chi connectivity index (χ0v) is 13.0. The molecule has 0 bridgehead atoms. The lowest BCUT2D eigenvalue weighted by Gasteiger charge is -2.28. The second kappa shape index (κ2) is 5.81. The summed E-state index contributed by atoms with van der Waals surface area (Å²) in [6, 6.07) is 8.17. The monoisotopic (exact) mass is 302 g/mol. The fraction of sp³-hybridized carbons (Fsp3) is 0.400. The van der Waals surface area contributed by atoms with Crippen molar-refractivity contribution in [2.75, 3.05) is 11.9 Å². The quantitative estimate of drug-likeness (QED) is 0.926. The first-order chi connectivity index (χ1) is 10.1. The van der Waals surface area contributed by atoms with Crippen molar-refractivity contribution < 1.29 is 4.79 Å². The van der Waals surface area contributed by atoms with Gasteiger partial charge in [-0.15, -0.1) is 10.2 Å². The maximum absolute atomic E-state index is 12.3. The van der Waals surface area contributed by atoms with Crippen LogP contribution in [0.25, 0.3) is 0 Å². The Kier molecular flexibility index (Phi) is 3.88. The van der Waals surface area contributed by atoms with Gasteiger partial charge in [-0.3, -0.25) is 5.32 Å². The highest BCUT2D eigenvalue weighted by molar-refractivity contribution is 7.15. The average Bonchev–Trinajstić information content (AvgIpc) is 2.95. The maximum atomic E-state index is 12.3. The van der Waals surface area contributed by atoms with Crippen LogP contribution >= 0.6 is 11.3 Å². The van der Waals surface area contributed by atoms with Crippen LogP contribution in [-0.2, 0) is 13.0 Å². The first-order valence-corrected chi connectivity index (χ1v) is 7.91. The van der Waals surface area contributed by atoms with E-state index in [4.69, 9.17) is 0 Å². The molecule has 21 heavy (non-hydrogen) atoms. The molecule has 0 radical (unpaired) electrons. The number of carbonyl (C=O) groups excluding carboxylic acids is 1. The van der Waals surface area contributed by atoms with Crippen molar-refractivity contribution in [2.24, 2.45) is 0 Å². The van der Waals surface area contributed by atoms with Crippen molar-refractivity contribution in [3.63, 3.8) is 0 Å². The van der Waals surface area contributed by atoms with Crippen molar-refractivity contribution in [1.82, 2.24) is 15.1 Å². The van der Waals surface area contributed by atoms with Crippen molar-refractivity contribution in [3.05, 3.63) is 40.4 Å². The number of hydrogen-bond acceptors (Lipinski definition) is 4. The predicted molar refractivity (Wildman–Crippen MR) is 83.6 cm³/mol.